The van der Waals surface area contributed by atoms with Crippen molar-refractivity contribution in [1.29, 1.82) is 0 Å². The van der Waals surface area contributed by atoms with Crippen molar-refractivity contribution in [3.8, 4) is 23.2 Å². The molecule has 3 aliphatic rings. The molecule has 0 saturated carbocycles. The van der Waals surface area contributed by atoms with Gasteiger partial charge in [0.15, 0.2) is 11.5 Å². The molecule has 8 nitrogen and oxygen atoms in total. The molecule has 3 aliphatic heterocycles. The molecule has 2 aromatic carbocycles. The second-order valence-corrected chi connectivity index (χ2v) is 7.92. The Hall–Kier alpha value is -2.97. The first-order valence-electron chi connectivity index (χ1n) is 10.4. The zero-order valence-corrected chi connectivity index (χ0v) is 17.1. The highest BCUT2D eigenvalue weighted by Gasteiger charge is 2.33. The summed E-state index contributed by atoms with van der Waals surface area (Å²) in [6, 6.07) is 16.5. The van der Waals surface area contributed by atoms with E-state index < -0.39 is 0 Å². The molecule has 30 heavy (non-hydrogen) atoms. The van der Waals surface area contributed by atoms with E-state index in [0.717, 1.165) is 24.7 Å². The van der Waals surface area contributed by atoms with Gasteiger partial charge in [-0.25, -0.2) is 0 Å². The standard InChI is InChI=1S/C22H26N6O2/c1-29-21-13-16(14-23-19-15-27-11-9-17(19)10-12-27)7-8-20(21)30-22-24-25-26-28(22)18-5-3-2-4-6-18/h2-8,13,17,19,23H,9-12,14-15H2,1H3. The van der Waals surface area contributed by atoms with Crippen LogP contribution in [0.1, 0.15) is 18.4 Å². The predicted molar refractivity (Wildman–Crippen MR) is 112 cm³/mol. The molecule has 0 spiro atoms. The Kier molecular flexibility index (Phi) is 5.33. The molecule has 0 amide bonds. The van der Waals surface area contributed by atoms with Gasteiger partial charge >= 0.3 is 6.01 Å². The van der Waals surface area contributed by atoms with E-state index in [4.69, 9.17) is 9.47 Å². The minimum atomic E-state index is 0.289. The Bertz CT molecular complexity index is 984. The summed E-state index contributed by atoms with van der Waals surface area (Å²) < 4.78 is 13.1. The molecule has 3 saturated heterocycles. The Morgan fingerprint density at radius 3 is 2.63 bits per heavy atom. The van der Waals surface area contributed by atoms with E-state index in [-0.39, 0.29) is 6.01 Å². The number of benzene rings is 2. The highest BCUT2D eigenvalue weighted by atomic mass is 16.5. The summed E-state index contributed by atoms with van der Waals surface area (Å²) in [7, 11) is 1.65. The third-order valence-corrected chi connectivity index (χ3v) is 6.10. The maximum Gasteiger partial charge on any atom is 0.346 e. The van der Waals surface area contributed by atoms with Crippen LogP contribution in [-0.4, -0.2) is 57.9 Å². The van der Waals surface area contributed by atoms with Gasteiger partial charge in [-0.15, -0.1) is 0 Å². The number of ether oxygens (including phenoxy) is 2. The lowest BCUT2D eigenvalue weighted by atomic mass is 9.84. The molecular formula is C22H26N6O2. The predicted octanol–water partition coefficient (Wildman–Crippen LogP) is 2.65. The number of fused-ring (bicyclic) bond motifs is 3. The fraction of sp³-hybridized carbons (Fsp3) is 0.409. The summed E-state index contributed by atoms with van der Waals surface area (Å²) >= 11 is 0. The van der Waals surface area contributed by atoms with Crippen molar-refractivity contribution >= 4 is 0 Å². The number of aromatic nitrogens is 4. The van der Waals surface area contributed by atoms with Gasteiger partial charge in [-0.3, -0.25) is 0 Å². The molecule has 1 N–H and O–H groups in total. The van der Waals surface area contributed by atoms with E-state index in [2.05, 4.69) is 31.8 Å². The van der Waals surface area contributed by atoms with E-state index in [9.17, 15) is 0 Å². The van der Waals surface area contributed by atoms with Gasteiger partial charge in [0, 0.05) is 19.1 Å². The number of nitrogens with one attached hydrogen (secondary N) is 1. The molecule has 4 heterocycles. The molecule has 1 atom stereocenters. The minimum Gasteiger partial charge on any atom is -0.493 e. The van der Waals surface area contributed by atoms with Gasteiger partial charge in [0.1, 0.15) is 0 Å². The second kappa shape index (κ2) is 8.41. The normalized spacial score (nSPS) is 22.8. The van der Waals surface area contributed by atoms with Crippen molar-refractivity contribution in [3.05, 3.63) is 54.1 Å². The average molecular weight is 406 g/mol. The number of para-hydroxylation sites is 1. The largest absolute Gasteiger partial charge is 0.493 e. The van der Waals surface area contributed by atoms with Crippen LogP contribution in [0.3, 0.4) is 0 Å². The number of nitrogens with zero attached hydrogens (tertiary/aromatic N) is 5. The summed E-state index contributed by atoms with van der Waals surface area (Å²) in [4.78, 5) is 2.56. The molecular weight excluding hydrogens is 380 g/mol. The maximum absolute atomic E-state index is 5.99. The Balaban J connectivity index is 1.29. The Labute approximate surface area is 175 Å². The summed E-state index contributed by atoms with van der Waals surface area (Å²) in [6.45, 7) is 4.48. The monoisotopic (exact) mass is 406 g/mol. The van der Waals surface area contributed by atoms with Crippen LogP contribution in [0.15, 0.2) is 48.5 Å². The van der Waals surface area contributed by atoms with Crippen LogP contribution in [0.5, 0.6) is 17.5 Å². The highest BCUT2D eigenvalue weighted by molar-refractivity contribution is 5.44. The van der Waals surface area contributed by atoms with Crippen LogP contribution in [0.25, 0.3) is 5.69 Å². The van der Waals surface area contributed by atoms with Gasteiger partial charge in [0.25, 0.3) is 0 Å². The first-order valence-corrected chi connectivity index (χ1v) is 10.4. The quantitative estimate of drug-likeness (QED) is 0.646. The molecule has 1 aromatic heterocycles. The second-order valence-electron chi connectivity index (χ2n) is 7.92. The van der Waals surface area contributed by atoms with E-state index in [0.29, 0.717) is 17.5 Å². The van der Waals surface area contributed by atoms with Gasteiger partial charge in [-0.2, -0.15) is 4.68 Å². The van der Waals surface area contributed by atoms with E-state index in [1.807, 2.05) is 42.5 Å². The number of methoxy groups -OCH3 is 1. The van der Waals surface area contributed by atoms with E-state index >= 15 is 0 Å². The van der Waals surface area contributed by atoms with Gasteiger partial charge in [-0.1, -0.05) is 29.4 Å². The smallest absolute Gasteiger partial charge is 0.346 e. The zero-order chi connectivity index (χ0) is 20.3. The number of tetrazole rings is 1. The molecule has 6 rings (SSSR count). The van der Waals surface area contributed by atoms with E-state index in [1.54, 1.807) is 11.8 Å². The summed E-state index contributed by atoms with van der Waals surface area (Å²) in [5.74, 6) is 2.04. The van der Waals surface area contributed by atoms with Gasteiger partial charge in [0.05, 0.1) is 12.8 Å². The lowest BCUT2D eigenvalue weighted by Crippen LogP contribution is -2.55. The Morgan fingerprint density at radius 2 is 1.90 bits per heavy atom. The summed E-state index contributed by atoms with van der Waals surface area (Å²) in [5, 5.41) is 15.5. The molecule has 3 aromatic rings. The fourth-order valence-corrected chi connectivity index (χ4v) is 4.42. The van der Waals surface area contributed by atoms with Crippen molar-refractivity contribution in [3.63, 3.8) is 0 Å². The van der Waals surface area contributed by atoms with E-state index in [1.165, 1.54) is 31.5 Å². The SMILES string of the molecule is COc1cc(CNC2CN3CCC2CC3)ccc1Oc1nnnn1-c1ccccc1. The van der Waals surface area contributed by atoms with Crippen LogP contribution in [0.2, 0.25) is 0 Å². The molecule has 0 aliphatic carbocycles. The lowest BCUT2D eigenvalue weighted by molar-refractivity contribution is 0.0720. The third-order valence-electron chi connectivity index (χ3n) is 6.10. The summed E-state index contributed by atoms with van der Waals surface area (Å²) in [5.41, 5.74) is 1.99. The molecule has 0 radical (unpaired) electrons. The lowest BCUT2D eigenvalue weighted by Gasteiger charge is -2.45. The molecule has 3 fully saturated rings. The minimum absolute atomic E-state index is 0.289. The first kappa shape index (κ1) is 19.0. The van der Waals surface area contributed by atoms with Crippen molar-refractivity contribution in [2.24, 2.45) is 5.92 Å². The maximum atomic E-state index is 5.99. The van der Waals surface area contributed by atoms with Crippen LogP contribution in [0, 0.1) is 5.92 Å². The molecule has 156 valence electrons. The summed E-state index contributed by atoms with van der Waals surface area (Å²) in [6.07, 6.45) is 2.62. The third kappa shape index (κ3) is 3.88. The zero-order valence-electron chi connectivity index (χ0n) is 17.1. The molecule has 2 bridgehead atoms. The first-order chi connectivity index (χ1) is 14.8. The molecule has 1 unspecified atom stereocenters. The number of rotatable bonds is 7. The number of hydrogen-bond acceptors (Lipinski definition) is 7. The van der Waals surface area contributed by atoms with Crippen molar-refractivity contribution in [2.75, 3.05) is 26.7 Å². The number of piperidine rings is 3. The van der Waals surface area contributed by atoms with Crippen molar-refractivity contribution in [1.82, 2.24) is 30.4 Å². The fourth-order valence-electron chi connectivity index (χ4n) is 4.42. The Morgan fingerprint density at radius 1 is 1.07 bits per heavy atom. The molecule has 8 heteroatoms. The number of hydrogen-bond donors (Lipinski definition) is 1. The van der Waals surface area contributed by atoms with Gasteiger partial charge in [0.2, 0.25) is 0 Å². The van der Waals surface area contributed by atoms with Gasteiger partial charge < -0.3 is 19.7 Å². The topological polar surface area (TPSA) is 77.3 Å². The van der Waals surface area contributed by atoms with Crippen molar-refractivity contribution in [2.45, 2.75) is 25.4 Å². The van der Waals surface area contributed by atoms with Crippen molar-refractivity contribution < 1.29 is 9.47 Å². The average Bonchev–Trinajstić information content (AvgIpc) is 3.28. The van der Waals surface area contributed by atoms with Crippen LogP contribution in [0.4, 0.5) is 0 Å². The van der Waals surface area contributed by atoms with Crippen LogP contribution in [-0.2, 0) is 6.54 Å². The van der Waals surface area contributed by atoms with Crippen LogP contribution >= 0.6 is 0 Å². The van der Waals surface area contributed by atoms with Crippen LogP contribution < -0.4 is 14.8 Å². The highest BCUT2D eigenvalue weighted by Crippen LogP contribution is 2.32. The van der Waals surface area contributed by atoms with Gasteiger partial charge in [-0.05, 0) is 72.1 Å².